The predicted molar refractivity (Wildman–Crippen MR) is 134 cm³/mol. The molecule has 0 N–H and O–H groups in total. The maximum Gasteiger partial charge on any atom is 0.254 e. The first kappa shape index (κ1) is 22.5. The molecule has 0 unspecified atom stereocenters. The van der Waals surface area contributed by atoms with Gasteiger partial charge in [0, 0.05) is 25.2 Å². The summed E-state index contributed by atoms with van der Waals surface area (Å²) in [7, 11) is 0. The third kappa shape index (κ3) is 5.39. The topological polar surface area (TPSA) is 23.6 Å². The molecule has 0 atom stereocenters. The number of fused-ring (bicyclic) bond motifs is 1. The Hall–Kier alpha value is -2.65. The minimum atomic E-state index is 0.0818. The third-order valence-electron chi connectivity index (χ3n) is 6.66. The van der Waals surface area contributed by atoms with Crippen molar-refractivity contribution in [2.45, 2.75) is 52.0 Å². The van der Waals surface area contributed by atoms with Crippen LogP contribution in [0.4, 0.5) is 0 Å². The van der Waals surface area contributed by atoms with Gasteiger partial charge in [-0.25, -0.2) is 0 Å². The van der Waals surface area contributed by atoms with Gasteiger partial charge in [0.25, 0.3) is 5.91 Å². The van der Waals surface area contributed by atoms with Crippen LogP contribution in [-0.2, 0) is 12.0 Å². The Balaban J connectivity index is 1.58. The highest BCUT2D eigenvalue weighted by atomic mass is 16.2. The molecule has 0 spiro atoms. The van der Waals surface area contributed by atoms with Crippen LogP contribution < -0.4 is 0 Å². The number of carbonyl (C=O) groups is 1. The quantitative estimate of drug-likeness (QED) is 0.462. The van der Waals surface area contributed by atoms with Crippen molar-refractivity contribution in [3.05, 3.63) is 83.4 Å². The number of hydrogen-bond acceptors (Lipinski definition) is 2. The maximum absolute atomic E-state index is 13.6. The molecule has 0 aromatic heterocycles. The van der Waals surface area contributed by atoms with Crippen LogP contribution >= 0.6 is 0 Å². The molecule has 1 heterocycles. The Bertz CT molecular complexity index is 1040. The molecule has 3 nitrogen and oxygen atoms in total. The summed E-state index contributed by atoms with van der Waals surface area (Å²) in [6.07, 6.45) is 3.87. The lowest BCUT2D eigenvalue weighted by atomic mass is 9.86. The van der Waals surface area contributed by atoms with Gasteiger partial charge in [0.15, 0.2) is 0 Å². The van der Waals surface area contributed by atoms with Crippen molar-refractivity contribution in [1.82, 2.24) is 9.80 Å². The first-order valence-electron chi connectivity index (χ1n) is 12.0. The van der Waals surface area contributed by atoms with E-state index in [9.17, 15) is 4.79 Å². The Morgan fingerprint density at radius 3 is 2.28 bits per heavy atom. The van der Waals surface area contributed by atoms with Crippen LogP contribution in [0.3, 0.4) is 0 Å². The molecule has 0 bridgehead atoms. The van der Waals surface area contributed by atoms with Crippen LogP contribution in [0.2, 0.25) is 0 Å². The molecule has 3 aromatic carbocycles. The first-order valence-corrected chi connectivity index (χ1v) is 12.0. The van der Waals surface area contributed by atoms with Crippen LogP contribution in [0.1, 0.15) is 61.5 Å². The molecule has 0 aliphatic carbocycles. The molecule has 3 aromatic rings. The Morgan fingerprint density at radius 1 is 0.875 bits per heavy atom. The standard InChI is InChI=1S/C29H36N2O/c1-29(2,3)26-16-14-24(15-17-26)28(32)31(21-20-30-18-7-4-8-19-30)22-25-12-9-11-23-10-5-6-13-27(23)25/h5-6,9-17H,4,7-8,18-22H2,1-3H3. The minimum Gasteiger partial charge on any atom is -0.333 e. The molecule has 1 aliphatic rings. The second-order valence-corrected chi connectivity index (χ2v) is 10.1. The van der Waals surface area contributed by atoms with E-state index in [0.717, 1.165) is 31.7 Å². The second-order valence-electron chi connectivity index (χ2n) is 10.1. The maximum atomic E-state index is 13.6. The summed E-state index contributed by atoms with van der Waals surface area (Å²) in [5.74, 6) is 0.121. The van der Waals surface area contributed by atoms with Crippen molar-refractivity contribution in [3.8, 4) is 0 Å². The van der Waals surface area contributed by atoms with Crippen molar-refractivity contribution < 1.29 is 4.79 Å². The fraction of sp³-hybridized carbons (Fsp3) is 0.414. The Morgan fingerprint density at radius 2 is 1.56 bits per heavy atom. The van der Waals surface area contributed by atoms with Gasteiger partial charge in [-0.3, -0.25) is 4.79 Å². The van der Waals surface area contributed by atoms with Gasteiger partial charge in [-0.15, -0.1) is 0 Å². The van der Waals surface area contributed by atoms with Gasteiger partial charge in [-0.05, 0) is 65.4 Å². The first-order chi connectivity index (χ1) is 15.4. The monoisotopic (exact) mass is 428 g/mol. The van der Waals surface area contributed by atoms with Crippen molar-refractivity contribution >= 4 is 16.7 Å². The van der Waals surface area contributed by atoms with Crippen LogP contribution in [-0.4, -0.2) is 41.9 Å². The SMILES string of the molecule is CC(C)(C)c1ccc(C(=O)N(CCN2CCCCC2)Cc2cccc3ccccc23)cc1. The average molecular weight is 429 g/mol. The fourth-order valence-electron chi connectivity index (χ4n) is 4.63. The summed E-state index contributed by atoms with van der Waals surface area (Å²) in [5.41, 5.74) is 3.32. The fourth-order valence-corrected chi connectivity index (χ4v) is 4.63. The van der Waals surface area contributed by atoms with Gasteiger partial charge in [-0.1, -0.05) is 81.8 Å². The number of hydrogen-bond donors (Lipinski definition) is 0. The number of nitrogens with zero attached hydrogens (tertiary/aromatic N) is 2. The number of benzene rings is 3. The van der Waals surface area contributed by atoms with Gasteiger partial charge in [0.2, 0.25) is 0 Å². The summed E-state index contributed by atoms with van der Waals surface area (Å²) >= 11 is 0. The van der Waals surface area contributed by atoms with Crippen molar-refractivity contribution in [1.29, 1.82) is 0 Å². The summed E-state index contributed by atoms with van der Waals surface area (Å²) in [6, 6.07) is 23.1. The van der Waals surface area contributed by atoms with E-state index in [0.29, 0.717) is 6.54 Å². The summed E-state index contributed by atoms with van der Waals surface area (Å²) in [5, 5.41) is 2.46. The zero-order valence-corrected chi connectivity index (χ0v) is 19.8. The zero-order valence-electron chi connectivity index (χ0n) is 19.8. The third-order valence-corrected chi connectivity index (χ3v) is 6.66. The molecule has 4 rings (SSSR count). The molecular formula is C29H36N2O. The lowest BCUT2D eigenvalue weighted by Crippen LogP contribution is -2.40. The van der Waals surface area contributed by atoms with E-state index in [2.05, 4.69) is 80.3 Å². The number of likely N-dealkylation sites (tertiary alicyclic amines) is 1. The number of piperidine rings is 1. The smallest absolute Gasteiger partial charge is 0.254 e. The van der Waals surface area contributed by atoms with E-state index in [-0.39, 0.29) is 11.3 Å². The second kappa shape index (κ2) is 9.87. The summed E-state index contributed by atoms with van der Waals surface area (Å²) < 4.78 is 0. The predicted octanol–water partition coefficient (Wildman–Crippen LogP) is 6.27. The van der Waals surface area contributed by atoms with E-state index < -0.39 is 0 Å². The lowest BCUT2D eigenvalue weighted by molar-refractivity contribution is 0.0716. The van der Waals surface area contributed by atoms with Crippen LogP contribution in [0.25, 0.3) is 10.8 Å². The van der Waals surface area contributed by atoms with Crippen LogP contribution in [0.5, 0.6) is 0 Å². The van der Waals surface area contributed by atoms with Crippen molar-refractivity contribution in [3.63, 3.8) is 0 Å². The highest BCUT2D eigenvalue weighted by Crippen LogP contribution is 2.24. The molecule has 1 fully saturated rings. The van der Waals surface area contributed by atoms with E-state index in [1.807, 2.05) is 17.0 Å². The van der Waals surface area contributed by atoms with Crippen molar-refractivity contribution in [2.75, 3.05) is 26.2 Å². The molecule has 1 saturated heterocycles. The molecule has 3 heteroatoms. The van der Waals surface area contributed by atoms with Gasteiger partial charge >= 0.3 is 0 Å². The van der Waals surface area contributed by atoms with Gasteiger partial charge < -0.3 is 9.80 Å². The molecule has 0 radical (unpaired) electrons. The van der Waals surface area contributed by atoms with E-state index >= 15 is 0 Å². The largest absolute Gasteiger partial charge is 0.333 e. The average Bonchev–Trinajstić information content (AvgIpc) is 2.81. The molecular weight excluding hydrogens is 392 g/mol. The number of rotatable bonds is 6. The van der Waals surface area contributed by atoms with Crippen molar-refractivity contribution in [2.24, 2.45) is 0 Å². The van der Waals surface area contributed by atoms with E-state index in [1.165, 1.54) is 41.2 Å². The van der Waals surface area contributed by atoms with Gasteiger partial charge in [-0.2, -0.15) is 0 Å². The molecule has 32 heavy (non-hydrogen) atoms. The zero-order chi connectivity index (χ0) is 22.6. The number of carbonyl (C=O) groups excluding carboxylic acids is 1. The van der Waals surface area contributed by atoms with Gasteiger partial charge in [0.05, 0.1) is 0 Å². The van der Waals surface area contributed by atoms with E-state index in [4.69, 9.17) is 0 Å². The minimum absolute atomic E-state index is 0.0818. The number of amides is 1. The van der Waals surface area contributed by atoms with Gasteiger partial charge in [0.1, 0.15) is 0 Å². The summed E-state index contributed by atoms with van der Waals surface area (Å²) in [4.78, 5) is 18.2. The van der Waals surface area contributed by atoms with Crippen LogP contribution in [0, 0.1) is 0 Å². The molecule has 1 amide bonds. The molecule has 0 saturated carbocycles. The Kier molecular flexibility index (Phi) is 6.95. The normalized spacial score (nSPS) is 15.1. The highest BCUT2D eigenvalue weighted by Gasteiger charge is 2.20. The van der Waals surface area contributed by atoms with E-state index in [1.54, 1.807) is 0 Å². The van der Waals surface area contributed by atoms with Crippen LogP contribution in [0.15, 0.2) is 66.7 Å². The Labute approximate surface area is 193 Å². The molecule has 1 aliphatic heterocycles. The summed E-state index contributed by atoms with van der Waals surface area (Å²) in [6.45, 7) is 11.2. The highest BCUT2D eigenvalue weighted by molar-refractivity contribution is 5.94. The lowest BCUT2D eigenvalue weighted by Gasteiger charge is -2.30. The molecule has 168 valence electrons.